The summed E-state index contributed by atoms with van der Waals surface area (Å²) in [7, 11) is 1.92. The number of allylic oxidation sites excluding steroid dienone is 1. The molecular weight excluding hydrogens is 425 g/mol. The van der Waals surface area contributed by atoms with E-state index in [-0.39, 0.29) is 18.2 Å². The van der Waals surface area contributed by atoms with Gasteiger partial charge in [0.25, 0.3) is 5.92 Å². The van der Waals surface area contributed by atoms with Gasteiger partial charge in [0.2, 0.25) is 0 Å². The number of likely N-dealkylation sites (tertiary alicyclic amines) is 1. The zero-order chi connectivity index (χ0) is 21.9. The highest BCUT2D eigenvalue weighted by Crippen LogP contribution is 2.58. The maximum atomic E-state index is 13.9. The minimum atomic E-state index is -2.74. The highest BCUT2D eigenvalue weighted by atomic mass is 32.2. The first kappa shape index (κ1) is 20.8. The van der Waals surface area contributed by atoms with Gasteiger partial charge in [0, 0.05) is 44.6 Å². The second-order valence-corrected chi connectivity index (χ2v) is 9.98. The summed E-state index contributed by atoms with van der Waals surface area (Å²) in [5, 5.41) is 19.5. The van der Waals surface area contributed by atoms with E-state index in [0.717, 1.165) is 27.7 Å². The highest BCUT2D eigenvalue weighted by molar-refractivity contribution is 8.03. The first-order chi connectivity index (χ1) is 14.7. The molecule has 2 fully saturated rings. The molecule has 0 amide bonds. The predicted octanol–water partition coefficient (Wildman–Crippen LogP) is 4.13. The number of fused-ring (bicyclic) bond motifs is 1. The number of thioether (sulfide) groups is 1. The van der Waals surface area contributed by atoms with Gasteiger partial charge in [-0.1, -0.05) is 17.8 Å². The molecule has 0 bridgehead atoms. The van der Waals surface area contributed by atoms with Crippen molar-refractivity contribution in [1.82, 2.24) is 20.0 Å². The van der Waals surface area contributed by atoms with Crippen LogP contribution in [0.2, 0.25) is 0 Å². The number of aromatic hydroxyl groups is 1. The summed E-state index contributed by atoms with van der Waals surface area (Å²) in [5.41, 5.74) is 2.32. The van der Waals surface area contributed by atoms with Crippen LogP contribution in [0.4, 0.5) is 13.2 Å². The predicted molar refractivity (Wildman–Crippen MR) is 114 cm³/mol. The maximum Gasteiger partial charge on any atom is 0.256 e. The van der Waals surface area contributed by atoms with Gasteiger partial charge in [-0.2, -0.15) is 5.10 Å². The van der Waals surface area contributed by atoms with E-state index >= 15 is 0 Å². The number of hydrogen-bond acceptors (Lipinski definition) is 5. The molecule has 2 aliphatic heterocycles. The summed E-state index contributed by atoms with van der Waals surface area (Å²) in [6, 6.07) is 3.33. The molecule has 1 saturated heterocycles. The molecule has 5 rings (SSSR count). The fraction of sp³-hybridized carbons (Fsp3) is 0.500. The van der Waals surface area contributed by atoms with Crippen LogP contribution in [0.25, 0.3) is 5.69 Å². The molecular formula is C22H25F3N4OS. The summed E-state index contributed by atoms with van der Waals surface area (Å²) >= 11 is 1.50. The van der Waals surface area contributed by atoms with Crippen molar-refractivity contribution in [3.8, 4) is 11.4 Å². The number of nitrogens with zero attached hydrogens (tertiary/aromatic N) is 3. The second kappa shape index (κ2) is 7.48. The third-order valence-electron chi connectivity index (χ3n) is 6.08. The Bertz CT molecular complexity index is 1040. The lowest BCUT2D eigenvalue weighted by Gasteiger charge is -2.33. The van der Waals surface area contributed by atoms with Crippen LogP contribution in [0.15, 0.2) is 34.3 Å². The van der Waals surface area contributed by atoms with Crippen LogP contribution in [0.3, 0.4) is 0 Å². The summed E-state index contributed by atoms with van der Waals surface area (Å²) in [6.45, 7) is 3.02. The first-order valence-corrected chi connectivity index (χ1v) is 11.3. The van der Waals surface area contributed by atoms with Crippen LogP contribution in [-0.2, 0) is 6.42 Å². The van der Waals surface area contributed by atoms with Crippen LogP contribution in [0.1, 0.15) is 35.6 Å². The zero-order valence-corrected chi connectivity index (χ0v) is 18.2. The Hall–Kier alpha value is -2.13. The molecule has 2 aromatic rings. The van der Waals surface area contributed by atoms with Gasteiger partial charge < -0.3 is 15.3 Å². The quantitative estimate of drug-likeness (QED) is 0.734. The number of alkyl halides is 3. The number of benzene rings is 1. The van der Waals surface area contributed by atoms with Gasteiger partial charge in [-0.25, -0.2) is 17.9 Å². The van der Waals surface area contributed by atoms with Crippen molar-refractivity contribution in [2.75, 3.05) is 20.1 Å². The second-order valence-electron chi connectivity index (χ2n) is 8.89. The number of aromatic nitrogens is 2. The first-order valence-electron chi connectivity index (χ1n) is 10.5. The minimum absolute atomic E-state index is 0.0361. The number of aryl methyl sites for hydroxylation is 1. The SMILES string of the molecule is Cc1cc(O)c(-n2cc3c(n2)CC=C(N[C@@H]2C[C@@H](F)CN(C)C2)S3)c(C2CC2(F)F)c1. The van der Waals surface area contributed by atoms with Crippen molar-refractivity contribution in [2.24, 2.45) is 0 Å². The standard InChI is InChI=1S/C22H25F3N4OS/c1-12-5-15(16-8-22(16,24)25)21(18(30)6-12)29-11-19-17(27-29)3-4-20(31-19)26-14-7-13(23)9-28(2)10-14/h4-6,11,13-14,16,26,30H,3,7-10H2,1-2H3/t13-,14-,16?/m1/s1. The number of rotatable bonds is 4. The average molecular weight is 451 g/mol. The molecule has 31 heavy (non-hydrogen) atoms. The maximum absolute atomic E-state index is 13.9. The zero-order valence-electron chi connectivity index (χ0n) is 17.4. The average Bonchev–Trinajstić information content (AvgIpc) is 3.11. The Labute approximate surface area is 183 Å². The van der Waals surface area contributed by atoms with E-state index in [9.17, 15) is 18.3 Å². The fourth-order valence-electron chi connectivity index (χ4n) is 4.58. The molecule has 0 spiro atoms. The van der Waals surface area contributed by atoms with Gasteiger partial charge in [0.05, 0.1) is 21.5 Å². The fourth-order valence-corrected chi connectivity index (χ4v) is 5.60. The largest absolute Gasteiger partial charge is 0.506 e. The summed E-state index contributed by atoms with van der Waals surface area (Å²) in [6.07, 6.45) is 3.82. The molecule has 9 heteroatoms. The van der Waals surface area contributed by atoms with E-state index in [2.05, 4.69) is 10.4 Å². The third kappa shape index (κ3) is 4.05. The van der Waals surface area contributed by atoms with E-state index in [1.54, 1.807) is 25.3 Å². The van der Waals surface area contributed by atoms with E-state index in [4.69, 9.17) is 0 Å². The van der Waals surface area contributed by atoms with Crippen molar-refractivity contribution in [3.63, 3.8) is 0 Å². The number of phenolic OH excluding ortho intramolecular Hbond substituents is 1. The van der Waals surface area contributed by atoms with Crippen molar-refractivity contribution < 1.29 is 18.3 Å². The molecule has 0 radical (unpaired) electrons. The lowest BCUT2D eigenvalue weighted by Crippen LogP contribution is -2.48. The Morgan fingerprint density at radius 3 is 2.77 bits per heavy atom. The molecule has 3 heterocycles. The van der Waals surface area contributed by atoms with Crippen molar-refractivity contribution in [2.45, 2.75) is 55.1 Å². The van der Waals surface area contributed by atoms with Gasteiger partial charge in [0.15, 0.2) is 0 Å². The van der Waals surface area contributed by atoms with Crippen LogP contribution in [-0.4, -0.2) is 58.1 Å². The van der Waals surface area contributed by atoms with Gasteiger partial charge in [-0.15, -0.1) is 0 Å². The molecule has 1 saturated carbocycles. The summed E-state index contributed by atoms with van der Waals surface area (Å²) < 4.78 is 43.1. The molecule has 1 aromatic heterocycles. The number of likely N-dealkylation sites (N-methyl/N-ethyl adjacent to an activating group) is 1. The highest BCUT2D eigenvalue weighted by Gasteiger charge is 2.58. The number of piperidine rings is 1. The molecule has 3 aliphatic rings. The van der Waals surface area contributed by atoms with Crippen molar-refractivity contribution in [1.29, 1.82) is 0 Å². The van der Waals surface area contributed by atoms with E-state index < -0.39 is 18.0 Å². The molecule has 1 aromatic carbocycles. The molecule has 1 unspecified atom stereocenters. The summed E-state index contributed by atoms with van der Waals surface area (Å²) in [5.74, 6) is -3.68. The van der Waals surface area contributed by atoms with E-state index in [0.29, 0.717) is 30.6 Å². The van der Waals surface area contributed by atoms with Gasteiger partial charge in [0.1, 0.15) is 17.6 Å². The molecule has 3 atom stereocenters. The minimum Gasteiger partial charge on any atom is -0.506 e. The molecule has 2 N–H and O–H groups in total. The smallest absolute Gasteiger partial charge is 0.256 e. The number of phenols is 1. The molecule has 1 aliphatic carbocycles. The Balaban J connectivity index is 1.38. The van der Waals surface area contributed by atoms with Crippen molar-refractivity contribution in [3.05, 3.63) is 46.3 Å². The summed E-state index contributed by atoms with van der Waals surface area (Å²) in [4.78, 5) is 2.89. The normalized spacial score (nSPS) is 27.5. The number of hydrogen-bond donors (Lipinski definition) is 2. The lowest BCUT2D eigenvalue weighted by molar-refractivity contribution is 0.112. The van der Waals surface area contributed by atoms with E-state index in [1.807, 2.05) is 18.0 Å². The Morgan fingerprint density at radius 2 is 2.06 bits per heavy atom. The third-order valence-corrected chi connectivity index (χ3v) is 7.14. The van der Waals surface area contributed by atoms with Gasteiger partial charge >= 0.3 is 0 Å². The van der Waals surface area contributed by atoms with Gasteiger partial charge in [-0.05, 0) is 37.2 Å². The van der Waals surface area contributed by atoms with Crippen LogP contribution >= 0.6 is 11.8 Å². The Morgan fingerprint density at radius 1 is 1.29 bits per heavy atom. The lowest BCUT2D eigenvalue weighted by atomic mass is 10.0. The topological polar surface area (TPSA) is 53.3 Å². The van der Waals surface area contributed by atoms with Crippen LogP contribution in [0.5, 0.6) is 5.75 Å². The van der Waals surface area contributed by atoms with Crippen LogP contribution < -0.4 is 5.32 Å². The Kier molecular flexibility index (Phi) is 5.01. The monoisotopic (exact) mass is 450 g/mol. The molecule has 5 nitrogen and oxygen atoms in total. The molecule has 166 valence electrons. The van der Waals surface area contributed by atoms with Crippen molar-refractivity contribution >= 4 is 11.8 Å². The van der Waals surface area contributed by atoms with Gasteiger partial charge in [-0.3, -0.25) is 0 Å². The van der Waals surface area contributed by atoms with Crippen LogP contribution in [0, 0.1) is 6.92 Å². The van der Waals surface area contributed by atoms with E-state index in [1.165, 1.54) is 16.4 Å². The number of nitrogens with one attached hydrogen (secondary N) is 1. The number of halogens is 3.